The lowest BCUT2D eigenvalue weighted by atomic mass is 10.2. The van der Waals surface area contributed by atoms with Gasteiger partial charge < -0.3 is 10.3 Å². The number of sulfonamides is 1. The van der Waals surface area contributed by atoms with E-state index in [0.717, 1.165) is 18.7 Å². The molecule has 104 valence electrons. The van der Waals surface area contributed by atoms with Crippen LogP contribution in [0.1, 0.15) is 32.9 Å². The Hall–Kier alpha value is -0.850. The van der Waals surface area contributed by atoms with Gasteiger partial charge in [0.15, 0.2) is 0 Å². The molecule has 0 saturated heterocycles. The van der Waals surface area contributed by atoms with E-state index in [1.165, 1.54) is 6.20 Å². The zero-order valence-corrected chi connectivity index (χ0v) is 12.1. The first kappa shape index (κ1) is 15.2. The van der Waals surface area contributed by atoms with Crippen molar-refractivity contribution in [2.45, 2.75) is 38.6 Å². The lowest BCUT2D eigenvalue weighted by molar-refractivity contribution is 0.560. The van der Waals surface area contributed by atoms with E-state index in [-0.39, 0.29) is 0 Å². The van der Waals surface area contributed by atoms with Crippen LogP contribution in [0.25, 0.3) is 0 Å². The van der Waals surface area contributed by atoms with Gasteiger partial charge in [0.1, 0.15) is 0 Å². The Morgan fingerprint density at radius 3 is 2.72 bits per heavy atom. The van der Waals surface area contributed by atoms with Crippen LogP contribution in [0, 0.1) is 5.92 Å². The fourth-order valence-corrected chi connectivity index (χ4v) is 2.67. The molecule has 0 bridgehead atoms. The van der Waals surface area contributed by atoms with E-state index in [2.05, 4.69) is 21.9 Å². The molecule has 0 radical (unpaired) electrons. The van der Waals surface area contributed by atoms with Crippen LogP contribution < -0.4 is 10.0 Å². The van der Waals surface area contributed by atoms with Gasteiger partial charge in [-0.25, -0.2) is 13.1 Å². The normalized spacial score (nSPS) is 12.2. The highest BCUT2D eigenvalue weighted by Gasteiger charge is 2.15. The van der Waals surface area contributed by atoms with Gasteiger partial charge in [-0.2, -0.15) is 0 Å². The lowest BCUT2D eigenvalue weighted by Crippen LogP contribution is -2.27. The van der Waals surface area contributed by atoms with E-state index in [4.69, 9.17) is 0 Å². The molecule has 18 heavy (non-hydrogen) atoms. The molecule has 0 fully saturated rings. The van der Waals surface area contributed by atoms with Crippen molar-refractivity contribution in [1.29, 1.82) is 0 Å². The van der Waals surface area contributed by atoms with Crippen molar-refractivity contribution >= 4 is 10.0 Å². The van der Waals surface area contributed by atoms with Crippen molar-refractivity contribution in [1.82, 2.24) is 15.0 Å². The number of H-pyrrole nitrogens is 1. The van der Waals surface area contributed by atoms with Crippen molar-refractivity contribution < 1.29 is 8.42 Å². The van der Waals surface area contributed by atoms with Gasteiger partial charge in [0.05, 0.1) is 4.90 Å². The van der Waals surface area contributed by atoms with Crippen LogP contribution in [0.15, 0.2) is 17.2 Å². The Morgan fingerprint density at radius 2 is 2.11 bits per heavy atom. The molecule has 0 aliphatic heterocycles. The summed E-state index contributed by atoms with van der Waals surface area (Å²) >= 11 is 0. The average Bonchev–Trinajstić information content (AvgIpc) is 2.76. The third-order valence-electron chi connectivity index (χ3n) is 2.45. The highest BCUT2D eigenvalue weighted by Crippen LogP contribution is 2.10. The molecule has 0 aliphatic carbocycles. The maximum atomic E-state index is 11.9. The first-order chi connectivity index (χ1) is 8.45. The molecule has 0 aromatic carbocycles. The standard InChI is InChI=1S/C12H23N3O2S/c1-4-5-13-8-11-6-12(9-14-11)18(16,17)15-7-10(2)3/h6,9-10,13-15H,4-5,7-8H2,1-3H3. The van der Waals surface area contributed by atoms with Crippen molar-refractivity contribution in [3.05, 3.63) is 18.0 Å². The minimum atomic E-state index is -3.37. The smallest absolute Gasteiger partial charge is 0.242 e. The zero-order valence-electron chi connectivity index (χ0n) is 11.3. The number of aromatic nitrogens is 1. The predicted molar refractivity (Wildman–Crippen MR) is 72.8 cm³/mol. The molecule has 1 aromatic rings. The van der Waals surface area contributed by atoms with Gasteiger partial charge in [-0.1, -0.05) is 20.8 Å². The summed E-state index contributed by atoms with van der Waals surface area (Å²) in [5.74, 6) is 0.296. The second kappa shape index (κ2) is 6.92. The fraction of sp³-hybridized carbons (Fsp3) is 0.667. The highest BCUT2D eigenvalue weighted by molar-refractivity contribution is 7.89. The summed E-state index contributed by atoms with van der Waals surface area (Å²) in [7, 11) is -3.37. The largest absolute Gasteiger partial charge is 0.363 e. The predicted octanol–water partition coefficient (Wildman–Crippen LogP) is 1.45. The van der Waals surface area contributed by atoms with Gasteiger partial charge in [-0.05, 0) is 24.9 Å². The van der Waals surface area contributed by atoms with Crippen molar-refractivity contribution in [2.75, 3.05) is 13.1 Å². The summed E-state index contributed by atoms with van der Waals surface area (Å²) in [4.78, 5) is 3.28. The van der Waals surface area contributed by atoms with Gasteiger partial charge in [0, 0.05) is 25.0 Å². The molecule has 0 spiro atoms. The van der Waals surface area contributed by atoms with E-state index in [0.29, 0.717) is 23.9 Å². The third-order valence-corrected chi connectivity index (χ3v) is 3.85. The van der Waals surface area contributed by atoms with Crippen molar-refractivity contribution in [3.8, 4) is 0 Å². The Labute approximate surface area is 109 Å². The molecular weight excluding hydrogens is 250 g/mol. The molecule has 0 unspecified atom stereocenters. The van der Waals surface area contributed by atoms with Gasteiger partial charge in [0.25, 0.3) is 0 Å². The molecule has 1 aromatic heterocycles. The summed E-state index contributed by atoms with van der Waals surface area (Å²) < 4.78 is 26.4. The van der Waals surface area contributed by atoms with E-state index in [9.17, 15) is 8.42 Å². The monoisotopic (exact) mass is 273 g/mol. The van der Waals surface area contributed by atoms with Gasteiger partial charge in [0.2, 0.25) is 10.0 Å². The molecule has 0 amide bonds. The van der Waals surface area contributed by atoms with Crippen LogP contribution in [0.5, 0.6) is 0 Å². The van der Waals surface area contributed by atoms with Crippen LogP contribution in [0.2, 0.25) is 0 Å². The van der Waals surface area contributed by atoms with Gasteiger partial charge in [-0.3, -0.25) is 0 Å². The average molecular weight is 273 g/mol. The highest BCUT2D eigenvalue weighted by atomic mass is 32.2. The minimum Gasteiger partial charge on any atom is -0.363 e. The number of aromatic amines is 1. The third kappa shape index (κ3) is 4.80. The number of rotatable bonds is 8. The quantitative estimate of drug-likeness (QED) is 0.628. The maximum absolute atomic E-state index is 11.9. The molecule has 1 rings (SSSR count). The first-order valence-corrected chi connectivity index (χ1v) is 7.81. The zero-order chi connectivity index (χ0) is 13.6. The summed E-state index contributed by atoms with van der Waals surface area (Å²) in [6.07, 6.45) is 2.59. The summed E-state index contributed by atoms with van der Waals surface area (Å²) in [5, 5.41) is 3.22. The first-order valence-electron chi connectivity index (χ1n) is 6.33. The van der Waals surface area contributed by atoms with Crippen molar-refractivity contribution in [3.63, 3.8) is 0 Å². The van der Waals surface area contributed by atoms with E-state index in [1.807, 2.05) is 13.8 Å². The fourth-order valence-electron chi connectivity index (χ4n) is 1.44. The van der Waals surface area contributed by atoms with E-state index >= 15 is 0 Å². The molecule has 3 N–H and O–H groups in total. The molecule has 1 heterocycles. The number of hydrogen-bond donors (Lipinski definition) is 3. The molecule has 0 atom stereocenters. The Kier molecular flexibility index (Phi) is 5.84. The molecule has 6 heteroatoms. The van der Waals surface area contributed by atoms with Crippen LogP contribution >= 0.6 is 0 Å². The Morgan fingerprint density at radius 1 is 1.39 bits per heavy atom. The Bertz CT molecular complexity index is 452. The van der Waals surface area contributed by atoms with Crippen molar-refractivity contribution in [2.24, 2.45) is 5.92 Å². The van der Waals surface area contributed by atoms with Gasteiger partial charge >= 0.3 is 0 Å². The summed E-state index contributed by atoms with van der Waals surface area (Å²) in [5.41, 5.74) is 0.883. The minimum absolute atomic E-state index is 0.296. The Balaban J connectivity index is 2.60. The van der Waals surface area contributed by atoms with Crippen LogP contribution in [-0.4, -0.2) is 26.5 Å². The van der Waals surface area contributed by atoms with Gasteiger partial charge in [-0.15, -0.1) is 0 Å². The second-order valence-electron chi connectivity index (χ2n) is 4.78. The summed E-state index contributed by atoms with van der Waals surface area (Å²) in [6.45, 7) is 8.07. The number of nitrogens with one attached hydrogen (secondary N) is 3. The SMILES string of the molecule is CCCNCc1cc(S(=O)(=O)NCC(C)C)c[nH]1. The molecule has 0 saturated carbocycles. The van der Waals surface area contributed by atoms with E-state index in [1.54, 1.807) is 6.07 Å². The lowest BCUT2D eigenvalue weighted by Gasteiger charge is -2.06. The summed E-state index contributed by atoms with van der Waals surface area (Å²) in [6, 6.07) is 1.67. The molecular formula is C12H23N3O2S. The van der Waals surface area contributed by atoms with Crippen LogP contribution in [0.4, 0.5) is 0 Å². The van der Waals surface area contributed by atoms with Crippen LogP contribution in [-0.2, 0) is 16.6 Å². The molecule has 5 nitrogen and oxygen atoms in total. The van der Waals surface area contributed by atoms with E-state index < -0.39 is 10.0 Å². The topological polar surface area (TPSA) is 74.0 Å². The maximum Gasteiger partial charge on any atom is 0.242 e. The second-order valence-corrected chi connectivity index (χ2v) is 6.55. The molecule has 0 aliphatic rings. The van der Waals surface area contributed by atoms with Crippen LogP contribution in [0.3, 0.4) is 0 Å². The number of hydrogen-bond acceptors (Lipinski definition) is 3.